The second-order valence-corrected chi connectivity index (χ2v) is 8.65. The van der Waals surface area contributed by atoms with Crippen LogP contribution in [0.1, 0.15) is 33.3 Å². The lowest BCUT2D eigenvalue weighted by molar-refractivity contribution is -0.0893. The molecule has 4 nitrogen and oxygen atoms in total. The maximum Gasteiger partial charge on any atom is 0.310 e. The Morgan fingerprint density at radius 3 is 2.40 bits per heavy atom. The summed E-state index contributed by atoms with van der Waals surface area (Å²) in [5.74, 6) is 0. The predicted octanol–water partition coefficient (Wildman–Crippen LogP) is 4.67. The fraction of sp³-hybridized carbons (Fsp3) is 0.240. The van der Waals surface area contributed by atoms with Gasteiger partial charge in [0.25, 0.3) is 0 Å². The maximum absolute atomic E-state index is 10.4. The minimum Gasteiger partial charge on any atom is -0.456 e. The molecule has 1 heterocycles. The van der Waals surface area contributed by atoms with E-state index in [2.05, 4.69) is 12.1 Å². The van der Waals surface area contributed by atoms with Gasteiger partial charge in [0.15, 0.2) is 0 Å². The molecule has 0 spiro atoms. The molecule has 4 aromatic rings. The average molecular weight is 397 g/mol. The Morgan fingerprint density at radius 2 is 1.67 bits per heavy atom. The van der Waals surface area contributed by atoms with Crippen molar-refractivity contribution in [3.8, 4) is 17.2 Å². The molecule has 4 rings (SSSR count). The molecule has 30 heavy (non-hydrogen) atoms. The Labute approximate surface area is 177 Å². The summed E-state index contributed by atoms with van der Waals surface area (Å²) in [5, 5.41) is 21.6. The Hall–Kier alpha value is -3.07. The zero-order chi connectivity index (χ0) is 21.5. The number of fused-ring (bicyclic) bond motifs is 3. The van der Waals surface area contributed by atoms with Gasteiger partial charge in [-0.25, -0.2) is 0 Å². The van der Waals surface area contributed by atoms with Crippen molar-refractivity contribution in [2.75, 3.05) is 0 Å². The summed E-state index contributed by atoms with van der Waals surface area (Å²) in [4.78, 5) is 0. The predicted molar refractivity (Wildman–Crippen MR) is 122 cm³/mol. The molecule has 0 amide bonds. The van der Waals surface area contributed by atoms with Crippen molar-refractivity contribution in [2.24, 2.45) is 0 Å². The van der Waals surface area contributed by atoms with Crippen LogP contribution in [0.25, 0.3) is 33.1 Å². The van der Waals surface area contributed by atoms with Crippen molar-refractivity contribution in [3.63, 3.8) is 0 Å². The first-order valence-electron chi connectivity index (χ1n) is 10.0. The molecule has 0 aliphatic rings. The van der Waals surface area contributed by atoms with Crippen molar-refractivity contribution in [1.29, 1.82) is 5.26 Å². The second-order valence-electron chi connectivity index (χ2n) is 8.65. The van der Waals surface area contributed by atoms with Crippen LogP contribution in [-0.4, -0.2) is 23.8 Å². The third-order valence-electron chi connectivity index (χ3n) is 5.97. The zero-order valence-electron chi connectivity index (χ0n) is 17.7. The van der Waals surface area contributed by atoms with Gasteiger partial charge < -0.3 is 14.2 Å². The van der Waals surface area contributed by atoms with E-state index in [0.717, 1.165) is 38.5 Å². The molecule has 0 fully saturated rings. The molecular formula is C25H24BNO3. The van der Waals surface area contributed by atoms with Gasteiger partial charge >= 0.3 is 7.48 Å². The summed E-state index contributed by atoms with van der Waals surface area (Å²) in [6.07, 6.45) is 0. The van der Waals surface area contributed by atoms with Gasteiger partial charge in [-0.15, -0.1) is 0 Å². The highest BCUT2D eigenvalue weighted by Gasteiger charge is 2.35. The molecule has 0 aliphatic heterocycles. The van der Waals surface area contributed by atoms with E-state index in [-0.39, 0.29) is 0 Å². The van der Waals surface area contributed by atoms with E-state index in [9.17, 15) is 5.11 Å². The van der Waals surface area contributed by atoms with Gasteiger partial charge in [0.1, 0.15) is 11.2 Å². The normalized spacial score (nSPS) is 12.3. The van der Waals surface area contributed by atoms with Gasteiger partial charge in [0.05, 0.1) is 22.8 Å². The molecule has 3 aromatic carbocycles. The van der Waals surface area contributed by atoms with Crippen LogP contribution in [0.15, 0.2) is 65.1 Å². The van der Waals surface area contributed by atoms with Gasteiger partial charge in [-0.3, -0.25) is 0 Å². The number of nitrogens with zero attached hydrogens (tertiary/aromatic N) is 1. The van der Waals surface area contributed by atoms with Gasteiger partial charge in [-0.1, -0.05) is 30.3 Å². The molecule has 5 heteroatoms. The molecular weight excluding hydrogens is 373 g/mol. The van der Waals surface area contributed by atoms with E-state index >= 15 is 0 Å². The van der Waals surface area contributed by atoms with E-state index in [1.807, 2.05) is 62.4 Å². The van der Waals surface area contributed by atoms with E-state index in [0.29, 0.717) is 13.0 Å². The number of hydrogen-bond acceptors (Lipinski definition) is 4. The molecule has 0 atom stereocenters. The first-order valence-corrected chi connectivity index (χ1v) is 10.0. The lowest BCUT2D eigenvalue weighted by Gasteiger charge is -2.37. The molecule has 150 valence electrons. The molecule has 0 saturated heterocycles. The smallest absolute Gasteiger partial charge is 0.310 e. The standard InChI is InChI=1S/C25H24BNO3/c1-24(2,28)25(3,4)30-26-20-9-6-10-21-23(20)19-12-11-18(14-22(19)29-21)17-8-5-7-16(13-17)15-27/h5-14,26,28H,1-4H3. The van der Waals surface area contributed by atoms with Gasteiger partial charge in [0, 0.05) is 10.8 Å². The molecule has 0 unspecified atom stereocenters. The van der Waals surface area contributed by atoms with Crippen LogP contribution < -0.4 is 5.46 Å². The number of rotatable bonds is 5. The Kier molecular flexibility index (Phi) is 4.93. The highest BCUT2D eigenvalue weighted by Crippen LogP contribution is 2.32. The number of benzene rings is 3. The van der Waals surface area contributed by atoms with Crippen LogP contribution in [-0.2, 0) is 4.65 Å². The van der Waals surface area contributed by atoms with Crippen LogP contribution in [0, 0.1) is 11.3 Å². The minimum atomic E-state index is -0.966. The van der Waals surface area contributed by atoms with Crippen molar-refractivity contribution in [3.05, 3.63) is 66.2 Å². The third-order valence-corrected chi connectivity index (χ3v) is 5.97. The average Bonchev–Trinajstić information content (AvgIpc) is 3.09. The number of hydrogen-bond donors (Lipinski definition) is 1. The highest BCUT2D eigenvalue weighted by molar-refractivity contribution is 6.52. The monoisotopic (exact) mass is 397 g/mol. The minimum absolute atomic E-state index is 0.370. The first kappa shape index (κ1) is 20.2. The van der Waals surface area contributed by atoms with Crippen LogP contribution in [0.3, 0.4) is 0 Å². The zero-order valence-corrected chi connectivity index (χ0v) is 17.7. The highest BCUT2D eigenvalue weighted by atomic mass is 16.5. The fourth-order valence-electron chi connectivity index (χ4n) is 3.40. The van der Waals surface area contributed by atoms with Gasteiger partial charge in [-0.05, 0) is 74.6 Å². The molecule has 1 N–H and O–H groups in total. The largest absolute Gasteiger partial charge is 0.456 e. The van der Waals surface area contributed by atoms with Gasteiger partial charge in [0.2, 0.25) is 0 Å². The Morgan fingerprint density at radius 1 is 0.933 bits per heavy atom. The quantitative estimate of drug-likeness (QED) is 0.497. The number of nitriles is 1. The maximum atomic E-state index is 10.4. The van der Waals surface area contributed by atoms with E-state index in [1.165, 1.54) is 0 Å². The molecule has 0 saturated carbocycles. The molecule has 0 radical (unpaired) electrons. The molecule has 0 aliphatic carbocycles. The van der Waals surface area contributed by atoms with Gasteiger partial charge in [-0.2, -0.15) is 5.26 Å². The van der Waals surface area contributed by atoms with Crippen LogP contribution in [0.2, 0.25) is 0 Å². The van der Waals surface area contributed by atoms with Crippen LogP contribution in [0.4, 0.5) is 0 Å². The summed E-state index contributed by atoms with van der Waals surface area (Å²) < 4.78 is 12.2. The Bertz CT molecular complexity index is 1280. The summed E-state index contributed by atoms with van der Waals surface area (Å²) >= 11 is 0. The van der Waals surface area contributed by atoms with Crippen LogP contribution >= 0.6 is 0 Å². The number of aliphatic hydroxyl groups is 1. The van der Waals surface area contributed by atoms with Crippen molar-refractivity contribution >= 4 is 34.9 Å². The van der Waals surface area contributed by atoms with Crippen molar-refractivity contribution in [1.82, 2.24) is 0 Å². The Balaban J connectivity index is 1.75. The molecule has 0 bridgehead atoms. The SMILES string of the molecule is CC(C)(O)C(C)(C)OBc1cccc2oc3cc(-c4cccc(C#N)c4)ccc3c12. The van der Waals surface area contributed by atoms with E-state index < -0.39 is 11.2 Å². The first-order chi connectivity index (χ1) is 14.2. The summed E-state index contributed by atoms with van der Waals surface area (Å²) in [5.41, 5.74) is 3.55. The lowest BCUT2D eigenvalue weighted by Crippen LogP contribution is -2.49. The van der Waals surface area contributed by atoms with E-state index in [4.69, 9.17) is 14.3 Å². The van der Waals surface area contributed by atoms with Crippen molar-refractivity contribution in [2.45, 2.75) is 38.9 Å². The van der Waals surface area contributed by atoms with Crippen LogP contribution in [0.5, 0.6) is 0 Å². The summed E-state index contributed by atoms with van der Waals surface area (Å²) in [6, 6.07) is 21.8. The number of furan rings is 1. The fourth-order valence-corrected chi connectivity index (χ4v) is 3.40. The second kappa shape index (κ2) is 7.32. The van der Waals surface area contributed by atoms with Crippen molar-refractivity contribution < 1.29 is 14.2 Å². The van der Waals surface area contributed by atoms with E-state index in [1.54, 1.807) is 19.9 Å². The summed E-state index contributed by atoms with van der Waals surface area (Å²) in [7, 11) is 0.370. The third kappa shape index (κ3) is 3.61. The molecule has 1 aromatic heterocycles. The topological polar surface area (TPSA) is 66.4 Å². The lowest BCUT2D eigenvalue weighted by atomic mass is 9.80. The summed E-state index contributed by atoms with van der Waals surface area (Å²) in [6.45, 7) is 7.29.